The molecule has 2 aromatic heterocycles. The molecule has 154 valence electrons. The number of hydrogen-bond acceptors (Lipinski definition) is 4. The van der Waals surface area contributed by atoms with Crippen LogP contribution in [0.25, 0.3) is 5.69 Å². The van der Waals surface area contributed by atoms with Crippen molar-refractivity contribution >= 4 is 5.96 Å². The van der Waals surface area contributed by atoms with Crippen molar-refractivity contribution in [2.75, 3.05) is 19.7 Å². The van der Waals surface area contributed by atoms with Crippen LogP contribution in [-0.4, -0.2) is 35.2 Å². The van der Waals surface area contributed by atoms with Gasteiger partial charge in [0.05, 0.1) is 24.8 Å². The van der Waals surface area contributed by atoms with E-state index in [2.05, 4.69) is 20.6 Å². The molecule has 0 unspecified atom stereocenters. The maximum absolute atomic E-state index is 14.4. The van der Waals surface area contributed by atoms with Crippen molar-refractivity contribution in [2.45, 2.75) is 26.5 Å². The van der Waals surface area contributed by atoms with Gasteiger partial charge in [-0.3, -0.25) is 0 Å². The average molecular weight is 399 g/mol. The smallest absolute Gasteiger partial charge is 0.191 e. The lowest BCUT2D eigenvalue weighted by Crippen LogP contribution is -2.38. The second kappa shape index (κ2) is 11.0. The fraction of sp³-hybridized carbons (Fsp3) is 0.333. The van der Waals surface area contributed by atoms with Gasteiger partial charge in [0.2, 0.25) is 0 Å². The molecule has 0 aliphatic rings. The van der Waals surface area contributed by atoms with Crippen molar-refractivity contribution in [3.8, 4) is 5.69 Å². The van der Waals surface area contributed by atoms with Gasteiger partial charge in [-0.05, 0) is 43.2 Å². The van der Waals surface area contributed by atoms with Gasteiger partial charge in [-0.25, -0.2) is 14.4 Å². The predicted octanol–water partition coefficient (Wildman–Crippen LogP) is 3.27. The number of halogens is 1. The number of aliphatic imine (C=N–C) groups is 1. The van der Waals surface area contributed by atoms with Gasteiger partial charge in [-0.15, -0.1) is 0 Å². The molecule has 0 saturated heterocycles. The predicted molar refractivity (Wildman–Crippen MR) is 109 cm³/mol. The molecule has 1 aromatic carbocycles. The maximum atomic E-state index is 14.4. The lowest BCUT2D eigenvalue weighted by atomic mass is 10.2. The summed E-state index contributed by atoms with van der Waals surface area (Å²) in [6, 6.07) is 8.84. The van der Waals surface area contributed by atoms with Gasteiger partial charge in [0.15, 0.2) is 5.96 Å². The summed E-state index contributed by atoms with van der Waals surface area (Å²) in [4.78, 5) is 8.47. The fourth-order valence-electron chi connectivity index (χ4n) is 2.72. The number of nitrogens with zero attached hydrogens (tertiary/aromatic N) is 3. The largest absolute Gasteiger partial charge is 0.467 e. The number of hydrogen-bond donors (Lipinski definition) is 2. The number of imidazole rings is 1. The Hall–Kier alpha value is -3.13. The Kier molecular flexibility index (Phi) is 7.82. The van der Waals surface area contributed by atoms with Crippen LogP contribution in [0.1, 0.15) is 24.7 Å². The second-order valence-electron chi connectivity index (χ2n) is 6.36. The van der Waals surface area contributed by atoms with Crippen molar-refractivity contribution in [3.63, 3.8) is 0 Å². The third kappa shape index (κ3) is 6.46. The van der Waals surface area contributed by atoms with E-state index in [-0.39, 0.29) is 5.82 Å². The third-order valence-corrected chi connectivity index (χ3v) is 4.14. The van der Waals surface area contributed by atoms with Crippen molar-refractivity contribution in [2.24, 2.45) is 4.99 Å². The molecule has 3 aromatic rings. The summed E-state index contributed by atoms with van der Waals surface area (Å²) < 4.78 is 26.8. The molecule has 0 amide bonds. The minimum atomic E-state index is -0.303. The molecule has 8 heteroatoms. The van der Waals surface area contributed by atoms with Crippen LogP contribution in [0.2, 0.25) is 0 Å². The molecule has 0 spiro atoms. The van der Waals surface area contributed by atoms with Crippen LogP contribution in [0.5, 0.6) is 0 Å². The zero-order valence-electron chi connectivity index (χ0n) is 16.5. The van der Waals surface area contributed by atoms with Crippen LogP contribution in [0.4, 0.5) is 4.39 Å². The lowest BCUT2D eigenvalue weighted by Gasteiger charge is -2.11. The molecule has 0 aliphatic carbocycles. The van der Waals surface area contributed by atoms with E-state index in [0.717, 1.165) is 30.8 Å². The molecule has 2 N–H and O–H groups in total. The van der Waals surface area contributed by atoms with Crippen LogP contribution in [0.3, 0.4) is 0 Å². The third-order valence-electron chi connectivity index (χ3n) is 4.14. The van der Waals surface area contributed by atoms with Crippen molar-refractivity contribution in [3.05, 3.63) is 72.5 Å². The van der Waals surface area contributed by atoms with Crippen LogP contribution in [0, 0.1) is 5.82 Å². The molecular weight excluding hydrogens is 373 g/mol. The minimum absolute atomic E-state index is 0.303. The summed E-state index contributed by atoms with van der Waals surface area (Å²) >= 11 is 0. The van der Waals surface area contributed by atoms with E-state index < -0.39 is 0 Å². The van der Waals surface area contributed by atoms with Crippen LogP contribution < -0.4 is 10.6 Å². The van der Waals surface area contributed by atoms with E-state index in [4.69, 9.17) is 9.15 Å². The van der Waals surface area contributed by atoms with E-state index in [1.165, 1.54) is 6.07 Å². The highest BCUT2D eigenvalue weighted by atomic mass is 19.1. The molecule has 3 rings (SSSR count). The number of furan rings is 1. The highest BCUT2D eigenvalue weighted by Gasteiger charge is 2.06. The molecule has 0 bridgehead atoms. The summed E-state index contributed by atoms with van der Waals surface area (Å²) in [5.41, 5.74) is 1.26. The normalized spacial score (nSPS) is 11.6. The average Bonchev–Trinajstić information content (AvgIpc) is 3.43. The highest BCUT2D eigenvalue weighted by Crippen LogP contribution is 2.15. The molecule has 29 heavy (non-hydrogen) atoms. The molecule has 0 fully saturated rings. The topological polar surface area (TPSA) is 76.6 Å². The monoisotopic (exact) mass is 399 g/mol. The van der Waals surface area contributed by atoms with Gasteiger partial charge in [0.25, 0.3) is 0 Å². The first-order chi connectivity index (χ1) is 14.3. The van der Waals surface area contributed by atoms with Gasteiger partial charge >= 0.3 is 0 Å². The van der Waals surface area contributed by atoms with Gasteiger partial charge in [-0.2, -0.15) is 0 Å². The number of nitrogens with one attached hydrogen (secondary N) is 2. The Balaban J connectivity index is 1.45. The molecule has 2 heterocycles. The van der Waals surface area contributed by atoms with E-state index in [1.807, 2.05) is 25.1 Å². The van der Waals surface area contributed by atoms with Crippen LogP contribution >= 0.6 is 0 Å². The molecule has 0 radical (unpaired) electrons. The van der Waals surface area contributed by atoms with E-state index in [0.29, 0.717) is 31.4 Å². The molecule has 0 saturated carbocycles. The zero-order chi connectivity index (χ0) is 20.3. The minimum Gasteiger partial charge on any atom is -0.467 e. The summed E-state index contributed by atoms with van der Waals surface area (Å²) in [6.45, 7) is 4.94. The Labute approximate surface area is 169 Å². The Morgan fingerprint density at radius 2 is 2.24 bits per heavy atom. The lowest BCUT2D eigenvalue weighted by molar-refractivity contribution is 0.105. The molecule has 7 nitrogen and oxygen atoms in total. The van der Waals surface area contributed by atoms with E-state index in [9.17, 15) is 4.39 Å². The van der Waals surface area contributed by atoms with Gasteiger partial charge in [-0.1, -0.05) is 6.07 Å². The zero-order valence-corrected chi connectivity index (χ0v) is 16.5. The van der Waals surface area contributed by atoms with Crippen molar-refractivity contribution in [1.29, 1.82) is 0 Å². The van der Waals surface area contributed by atoms with Crippen molar-refractivity contribution in [1.82, 2.24) is 20.2 Å². The summed E-state index contributed by atoms with van der Waals surface area (Å²) in [5.74, 6) is 1.21. The standard InChI is InChI=1S/C21H26FN5O2/c1-2-24-21(25-8-4-11-28-15-18-5-3-12-29-18)26-14-17-6-7-20(19(22)13-17)27-10-9-23-16-27/h3,5-7,9-10,12-13,16H,2,4,8,11,14-15H2,1H3,(H2,24,25,26). The first-order valence-electron chi connectivity index (χ1n) is 9.65. The van der Waals surface area contributed by atoms with Crippen LogP contribution in [0.15, 0.2) is 64.7 Å². The number of ether oxygens (including phenoxy) is 1. The summed E-state index contributed by atoms with van der Waals surface area (Å²) in [6.07, 6.45) is 7.37. The second-order valence-corrected chi connectivity index (χ2v) is 6.36. The fourth-order valence-corrected chi connectivity index (χ4v) is 2.72. The maximum Gasteiger partial charge on any atom is 0.191 e. The Bertz CT molecular complexity index is 879. The number of guanidine groups is 1. The summed E-state index contributed by atoms with van der Waals surface area (Å²) in [7, 11) is 0. The van der Waals surface area contributed by atoms with Crippen molar-refractivity contribution < 1.29 is 13.5 Å². The summed E-state index contributed by atoms with van der Waals surface area (Å²) in [5, 5.41) is 6.45. The van der Waals surface area contributed by atoms with E-state index in [1.54, 1.807) is 35.6 Å². The number of benzene rings is 1. The van der Waals surface area contributed by atoms with Gasteiger partial charge < -0.3 is 24.4 Å². The highest BCUT2D eigenvalue weighted by molar-refractivity contribution is 5.79. The first kappa shape index (κ1) is 20.6. The van der Waals surface area contributed by atoms with Crippen LogP contribution in [-0.2, 0) is 17.9 Å². The molecule has 0 atom stereocenters. The van der Waals surface area contributed by atoms with Gasteiger partial charge in [0.1, 0.15) is 18.2 Å². The number of aromatic nitrogens is 2. The Morgan fingerprint density at radius 3 is 2.97 bits per heavy atom. The van der Waals surface area contributed by atoms with Gasteiger partial charge in [0, 0.05) is 32.1 Å². The Morgan fingerprint density at radius 1 is 1.31 bits per heavy atom. The van der Waals surface area contributed by atoms with E-state index >= 15 is 0 Å². The first-order valence-corrected chi connectivity index (χ1v) is 9.65. The SMILES string of the molecule is CCNC(=NCc1ccc(-n2ccnc2)c(F)c1)NCCCOCc1ccco1. The molecular formula is C21H26FN5O2. The quantitative estimate of drug-likeness (QED) is 0.311. The number of rotatable bonds is 10. The molecule has 0 aliphatic heterocycles.